The summed E-state index contributed by atoms with van der Waals surface area (Å²) < 4.78 is 35.6. The number of esters is 1. The van der Waals surface area contributed by atoms with E-state index in [1.165, 1.54) is 23.3 Å². The van der Waals surface area contributed by atoms with Gasteiger partial charge < -0.3 is 14.6 Å². The number of sulfonamides is 1. The SMILES string of the molecule is CC(C)(C)OC(=O)Cc1c(-c2ccnc(OCCc3cc(C(C)(C)O)cc(S(N)(=O)=O)c3)c2)ccc2c1CCC2. The number of primary sulfonamides is 1. The Labute approximate surface area is 236 Å². The van der Waals surface area contributed by atoms with Crippen LogP contribution in [0.15, 0.2) is 53.6 Å². The van der Waals surface area contributed by atoms with Crippen molar-refractivity contribution >= 4 is 16.0 Å². The number of aryl methyl sites for hydroxylation is 1. The summed E-state index contributed by atoms with van der Waals surface area (Å²) in [5, 5.41) is 15.8. The lowest BCUT2D eigenvalue weighted by Crippen LogP contribution is -2.25. The second-order valence-electron chi connectivity index (χ2n) is 11.8. The number of nitrogens with two attached hydrogens (primary N) is 1. The minimum absolute atomic E-state index is 0.0589. The molecule has 0 radical (unpaired) electrons. The molecule has 0 bridgehead atoms. The first-order valence-corrected chi connectivity index (χ1v) is 15.0. The highest BCUT2D eigenvalue weighted by molar-refractivity contribution is 7.89. The first kappa shape index (κ1) is 29.7. The van der Waals surface area contributed by atoms with Crippen molar-refractivity contribution in [3.8, 4) is 17.0 Å². The number of aliphatic hydroxyl groups is 1. The van der Waals surface area contributed by atoms with Gasteiger partial charge in [0, 0.05) is 18.7 Å². The highest BCUT2D eigenvalue weighted by Gasteiger charge is 2.24. The lowest BCUT2D eigenvalue weighted by atomic mass is 9.91. The number of ether oxygens (including phenoxy) is 2. The van der Waals surface area contributed by atoms with Gasteiger partial charge >= 0.3 is 5.97 Å². The van der Waals surface area contributed by atoms with Crippen molar-refractivity contribution in [2.24, 2.45) is 5.14 Å². The van der Waals surface area contributed by atoms with Crippen LogP contribution in [0, 0.1) is 0 Å². The van der Waals surface area contributed by atoms with Crippen molar-refractivity contribution in [1.82, 2.24) is 4.98 Å². The van der Waals surface area contributed by atoms with Crippen molar-refractivity contribution < 1.29 is 27.8 Å². The van der Waals surface area contributed by atoms with Crippen molar-refractivity contribution in [3.63, 3.8) is 0 Å². The Morgan fingerprint density at radius 1 is 1.05 bits per heavy atom. The number of pyridine rings is 1. The fourth-order valence-corrected chi connectivity index (χ4v) is 5.60. The largest absolute Gasteiger partial charge is 0.477 e. The van der Waals surface area contributed by atoms with Gasteiger partial charge in [-0.15, -0.1) is 0 Å². The number of fused-ring (bicyclic) bond motifs is 1. The van der Waals surface area contributed by atoms with Gasteiger partial charge in [0.15, 0.2) is 0 Å². The van der Waals surface area contributed by atoms with Crippen molar-refractivity contribution in [2.45, 2.75) is 82.8 Å². The van der Waals surface area contributed by atoms with Gasteiger partial charge in [0.1, 0.15) is 5.60 Å². The van der Waals surface area contributed by atoms with E-state index in [0.717, 1.165) is 36.0 Å². The Hall–Kier alpha value is -3.27. The molecule has 0 atom stereocenters. The predicted molar refractivity (Wildman–Crippen MR) is 154 cm³/mol. The zero-order valence-corrected chi connectivity index (χ0v) is 24.6. The van der Waals surface area contributed by atoms with Crippen molar-refractivity contribution in [1.29, 1.82) is 0 Å². The highest BCUT2D eigenvalue weighted by Crippen LogP contribution is 2.35. The molecule has 0 unspecified atom stereocenters. The molecule has 0 saturated carbocycles. The first-order valence-electron chi connectivity index (χ1n) is 13.4. The molecule has 40 heavy (non-hydrogen) atoms. The molecule has 0 aliphatic heterocycles. The monoisotopic (exact) mass is 566 g/mol. The zero-order chi connectivity index (χ0) is 29.3. The molecule has 1 aliphatic carbocycles. The van der Waals surface area contributed by atoms with E-state index in [1.54, 1.807) is 26.1 Å². The lowest BCUT2D eigenvalue weighted by molar-refractivity contribution is -0.153. The Morgan fingerprint density at radius 2 is 1.80 bits per heavy atom. The van der Waals surface area contributed by atoms with E-state index >= 15 is 0 Å². The minimum Gasteiger partial charge on any atom is -0.477 e. The number of rotatable bonds is 9. The third kappa shape index (κ3) is 7.47. The van der Waals surface area contributed by atoms with Gasteiger partial charge in [-0.3, -0.25) is 4.79 Å². The summed E-state index contributed by atoms with van der Waals surface area (Å²) in [4.78, 5) is 17.1. The predicted octanol–water partition coefficient (Wildman–Crippen LogP) is 4.62. The minimum atomic E-state index is -3.95. The number of nitrogens with zero attached hydrogens (tertiary/aromatic N) is 1. The van der Waals surface area contributed by atoms with E-state index in [9.17, 15) is 18.3 Å². The van der Waals surface area contributed by atoms with Crippen LogP contribution in [0.4, 0.5) is 0 Å². The molecule has 1 aromatic heterocycles. The molecule has 0 saturated heterocycles. The van der Waals surface area contributed by atoms with Crippen molar-refractivity contribution in [3.05, 3.63) is 76.5 Å². The molecular formula is C31H38N2O6S. The summed E-state index contributed by atoms with van der Waals surface area (Å²) >= 11 is 0. The molecule has 0 fully saturated rings. The third-order valence-electron chi connectivity index (χ3n) is 6.83. The molecule has 9 heteroatoms. The average molecular weight is 567 g/mol. The molecule has 4 rings (SSSR count). The maximum atomic E-state index is 12.8. The number of carbonyl (C=O) groups excluding carboxylic acids is 1. The van der Waals surface area contributed by atoms with Crippen LogP contribution in [-0.2, 0) is 50.8 Å². The molecule has 3 aromatic rings. The maximum absolute atomic E-state index is 12.8. The number of benzene rings is 2. The molecular weight excluding hydrogens is 528 g/mol. The summed E-state index contributed by atoms with van der Waals surface area (Å²) in [5.74, 6) is 0.151. The van der Waals surface area contributed by atoms with Gasteiger partial charge in [-0.1, -0.05) is 18.2 Å². The first-order chi connectivity index (χ1) is 18.6. The van der Waals surface area contributed by atoms with Crippen LogP contribution in [0.3, 0.4) is 0 Å². The van der Waals surface area contributed by atoms with E-state index in [0.29, 0.717) is 23.4 Å². The van der Waals surface area contributed by atoms with Crippen LogP contribution in [0.5, 0.6) is 5.88 Å². The maximum Gasteiger partial charge on any atom is 0.310 e. The second-order valence-corrected chi connectivity index (χ2v) is 13.4. The van der Waals surface area contributed by atoms with Crippen molar-refractivity contribution in [2.75, 3.05) is 6.61 Å². The zero-order valence-electron chi connectivity index (χ0n) is 23.8. The number of carbonyl (C=O) groups is 1. The van der Waals surface area contributed by atoms with Gasteiger partial charge in [-0.25, -0.2) is 18.5 Å². The van der Waals surface area contributed by atoms with Gasteiger partial charge in [0.2, 0.25) is 15.9 Å². The average Bonchev–Trinajstić information content (AvgIpc) is 3.31. The van der Waals surface area contributed by atoms with E-state index in [2.05, 4.69) is 17.1 Å². The summed E-state index contributed by atoms with van der Waals surface area (Å²) in [7, 11) is -3.95. The summed E-state index contributed by atoms with van der Waals surface area (Å²) in [6.07, 6.45) is 5.23. The number of hydrogen-bond acceptors (Lipinski definition) is 7. The molecule has 0 amide bonds. The normalized spacial score (nSPS) is 13.7. The summed E-state index contributed by atoms with van der Waals surface area (Å²) in [6.45, 7) is 8.99. The van der Waals surface area contributed by atoms with Gasteiger partial charge in [-0.2, -0.15) is 0 Å². The fraction of sp³-hybridized carbons (Fsp3) is 0.419. The Balaban J connectivity index is 1.56. The standard InChI is InChI=1S/C31H38N2O6S/c1-30(2,3)39-29(34)19-27-25-8-6-7-21(25)9-10-26(27)22-11-13-33-28(17-22)38-14-12-20-15-23(31(4,5)35)18-24(16-20)40(32,36)37/h9-11,13,15-18,35H,6-8,12,14,19H2,1-5H3,(H2,32,36,37). The van der Waals surface area contributed by atoms with Crippen LogP contribution in [0.25, 0.3) is 11.1 Å². The van der Waals surface area contributed by atoms with Gasteiger partial charge in [-0.05, 0) is 111 Å². The topological polar surface area (TPSA) is 129 Å². The van der Waals surface area contributed by atoms with Gasteiger partial charge in [0.25, 0.3) is 0 Å². The highest BCUT2D eigenvalue weighted by atomic mass is 32.2. The van der Waals surface area contributed by atoms with E-state index in [4.69, 9.17) is 14.6 Å². The Kier molecular flexibility index (Phi) is 8.40. The van der Waals surface area contributed by atoms with Crippen LogP contribution >= 0.6 is 0 Å². The molecule has 1 heterocycles. The molecule has 0 spiro atoms. The third-order valence-corrected chi connectivity index (χ3v) is 7.72. The van der Waals surface area contributed by atoms with Crippen LogP contribution in [0.2, 0.25) is 0 Å². The molecule has 3 N–H and O–H groups in total. The van der Waals surface area contributed by atoms with Gasteiger partial charge in [0.05, 0.1) is 23.5 Å². The van der Waals surface area contributed by atoms with Crippen LogP contribution < -0.4 is 9.88 Å². The van der Waals surface area contributed by atoms with E-state index in [-0.39, 0.29) is 23.9 Å². The van der Waals surface area contributed by atoms with E-state index in [1.807, 2.05) is 32.9 Å². The van der Waals surface area contributed by atoms with Crippen LogP contribution in [-0.4, -0.2) is 36.7 Å². The van der Waals surface area contributed by atoms with Crippen LogP contribution in [0.1, 0.15) is 68.9 Å². The summed E-state index contributed by atoms with van der Waals surface area (Å²) in [6, 6.07) is 12.6. The molecule has 214 valence electrons. The number of aromatic nitrogens is 1. The quantitative estimate of drug-likeness (QED) is 0.362. The summed E-state index contributed by atoms with van der Waals surface area (Å²) in [5.41, 5.74) is 4.64. The molecule has 1 aliphatic rings. The fourth-order valence-electron chi connectivity index (χ4n) is 4.99. The number of hydrogen-bond donors (Lipinski definition) is 2. The second kappa shape index (κ2) is 11.3. The lowest BCUT2D eigenvalue weighted by Gasteiger charge is -2.21. The smallest absolute Gasteiger partial charge is 0.310 e. The Bertz CT molecular complexity index is 1520. The molecule has 2 aromatic carbocycles. The van der Waals surface area contributed by atoms with E-state index < -0.39 is 21.2 Å². The Morgan fingerprint density at radius 3 is 2.48 bits per heavy atom. The molecule has 8 nitrogen and oxygen atoms in total.